The molecule has 3 aromatic heterocycles. The standard InChI is InChI=1S/C12H14N2O.2C11H12N2O/c1-12(2,3)15-11-9-6-4-5-7-10(9)13-8-14-11;1-8(2)13-7-12-10-6-4-3-5-9(10)11(13)14;1-7(2)10-12-9-6-4-3-5-8(9)11(14)13-10/h4-8H,1-3H3;3-8H,1-2H3;3-7H,1-2H3,(H,12,13,14). The number of para-hydroxylation sites is 3. The van der Waals surface area contributed by atoms with Crippen LogP contribution in [0.5, 0.6) is 5.88 Å². The molecular weight excluding hydrogens is 540 g/mol. The number of aromatic amines is 1. The number of ether oxygens (including phenoxy) is 1. The van der Waals surface area contributed by atoms with Crippen LogP contribution in [0.2, 0.25) is 0 Å². The fourth-order valence-corrected chi connectivity index (χ4v) is 4.18. The molecule has 0 amide bonds. The van der Waals surface area contributed by atoms with Crippen LogP contribution in [-0.2, 0) is 0 Å². The van der Waals surface area contributed by atoms with Gasteiger partial charge in [-0.3, -0.25) is 14.2 Å². The Kier molecular flexibility index (Phi) is 9.65. The van der Waals surface area contributed by atoms with Crippen molar-refractivity contribution in [2.75, 3.05) is 0 Å². The number of hydrogen-bond acceptors (Lipinski definition) is 7. The van der Waals surface area contributed by atoms with Crippen LogP contribution in [0.15, 0.2) is 95.0 Å². The highest BCUT2D eigenvalue weighted by Gasteiger charge is 2.15. The van der Waals surface area contributed by atoms with E-state index in [0.29, 0.717) is 16.7 Å². The molecule has 0 unspecified atom stereocenters. The maximum Gasteiger partial charge on any atom is 0.261 e. The molecule has 0 aliphatic carbocycles. The Hall–Kier alpha value is -4.92. The van der Waals surface area contributed by atoms with Crippen molar-refractivity contribution in [3.05, 3.63) is 112 Å². The molecule has 3 heterocycles. The van der Waals surface area contributed by atoms with Gasteiger partial charge in [0, 0.05) is 12.0 Å². The van der Waals surface area contributed by atoms with E-state index in [1.54, 1.807) is 17.0 Å². The third-order valence-electron chi connectivity index (χ3n) is 6.33. The van der Waals surface area contributed by atoms with Gasteiger partial charge in [0.2, 0.25) is 5.88 Å². The Morgan fingerprint density at radius 1 is 0.721 bits per heavy atom. The van der Waals surface area contributed by atoms with Gasteiger partial charge in [-0.15, -0.1) is 0 Å². The van der Waals surface area contributed by atoms with Crippen molar-refractivity contribution < 1.29 is 4.74 Å². The predicted octanol–water partition coefficient (Wildman–Crippen LogP) is 6.83. The van der Waals surface area contributed by atoms with E-state index in [2.05, 4.69) is 24.9 Å². The van der Waals surface area contributed by atoms with Crippen LogP contribution in [0.1, 0.15) is 66.3 Å². The zero-order chi connectivity index (χ0) is 31.1. The summed E-state index contributed by atoms with van der Waals surface area (Å²) in [5.74, 6) is 1.63. The summed E-state index contributed by atoms with van der Waals surface area (Å²) in [7, 11) is 0. The minimum atomic E-state index is -0.239. The van der Waals surface area contributed by atoms with Crippen molar-refractivity contribution in [1.29, 1.82) is 0 Å². The van der Waals surface area contributed by atoms with Crippen LogP contribution in [0.4, 0.5) is 0 Å². The minimum Gasteiger partial charge on any atom is -0.471 e. The van der Waals surface area contributed by atoms with Crippen molar-refractivity contribution in [2.45, 2.75) is 66.0 Å². The summed E-state index contributed by atoms with van der Waals surface area (Å²) >= 11 is 0. The molecule has 43 heavy (non-hydrogen) atoms. The van der Waals surface area contributed by atoms with Crippen LogP contribution in [0.3, 0.4) is 0 Å². The van der Waals surface area contributed by atoms with E-state index in [9.17, 15) is 9.59 Å². The van der Waals surface area contributed by atoms with Crippen LogP contribution >= 0.6 is 0 Å². The molecule has 9 heteroatoms. The third kappa shape index (κ3) is 7.88. The number of benzene rings is 3. The fraction of sp³-hybridized carbons (Fsp3) is 0.294. The Balaban J connectivity index is 0.000000148. The lowest BCUT2D eigenvalue weighted by atomic mass is 10.2. The summed E-state index contributed by atoms with van der Waals surface area (Å²) in [5.41, 5.74) is 2.17. The van der Waals surface area contributed by atoms with Gasteiger partial charge in [-0.2, -0.15) is 0 Å². The first-order chi connectivity index (χ1) is 20.4. The second-order valence-electron chi connectivity index (χ2n) is 11.6. The summed E-state index contributed by atoms with van der Waals surface area (Å²) in [6.07, 6.45) is 3.14. The predicted molar refractivity (Wildman–Crippen MR) is 173 cm³/mol. The average molecular weight is 579 g/mol. The lowest BCUT2D eigenvalue weighted by Crippen LogP contribution is -2.23. The maximum atomic E-state index is 11.9. The van der Waals surface area contributed by atoms with Gasteiger partial charge in [0.15, 0.2) is 0 Å². The Morgan fingerprint density at radius 3 is 1.88 bits per heavy atom. The van der Waals surface area contributed by atoms with E-state index in [-0.39, 0.29) is 28.7 Å². The highest BCUT2D eigenvalue weighted by molar-refractivity contribution is 5.83. The third-order valence-corrected chi connectivity index (χ3v) is 6.33. The fourth-order valence-electron chi connectivity index (χ4n) is 4.18. The van der Waals surface area contributed by atoms with E-state index in [0.717, 1.165) is 27.8 Å². The number of rotatable bonds is 3. The van der Waals surface area contributed by atoms with Gasteiger partial charge in [0.05, 0.1) is 39.0 Å². The van der Waals surface area contributed by atoms with E-state index < -0.39 is 0 Å². The molecule has 0 bridgehead atoms. The molecule has 1 N–H and O–H groups in total. The Morgan fingerprint density at radius 2 is 1.28 bits per heavy atom. The second kappa shape index (κ2) is 13.4. The monoisotopic (exact) mass is 578 g/mol. The number of aromatic nitrogens is 6. The van der Waals surface area contributed by atoms with Gasteiger partial charge in [-0.05, 0) is 71.0 Å². The van der Waals surface area contributed by atoms with Gasteiger partial charge in [-0.25, -0.2) is 19.9 Å². The molecule has 0 radical (unpaired) electrons. The molecule has 0 saturated heterocycles. The van der Waals surface area contributed by atoms with Crippen molar-refractivity contribution in [2.24, 2.45) is 0 Å². The van der Waals surface area contributed by atoms with E-state index in [4.69, 9.17) is 4.74 Å². The van der Waals surface area contributed by atoms with Crippen LogP contribution in [-0.4, -0.2) is 35.1 Å². The summed E-state index contributed by atoms with van der Waals surface area (Å²) in [5, 5.41) is 2.29. The molecular formula is C34H38N6O3. The zero-order valence-corrected chi connectivity index (χ0v) is 25.7. The van der Waals surface area contributed by atoms with Gasteiger partial charge in [0.25, 0.3) is 11.1 Å². The van der Waals surface area contributed by atoms with E-state index in [1.807, 2.05) is 115 Å². The van der Waals surface area contributed by atoms with Gasteiger partial charge < -0.3 is 9.72 Å². The zero-order valence-electron chi connectivity index (χ0n) is 25.7. The number of nitrogens with one attached hydrogen (secondary N) is 1. The molecule has 6 aromatic rings. The number of fused-ring (bicyclic) bond motifs is 3. The molecule has 222 valence electrons. The first-order valence-corrected chi connectivity index (χ1v) is 14.3. The minimum absolute atomic E-state index is 0.0330. The van der Waals surface area contributed by atoms with E-state index in [1.165, 1.54) is 6.33 Å². The number of hydrogen-bond donors (Lipinski definition) is 1. The van der Waals surface area contributed by atoms with Crippen molar-refractivity contribution in [3.8, 4) is 5.88 Å². The van der Waals surface area contributed by atoms with Gasteiger partial charge in [-0.1, -0.05) is 50.2 Å². The quantitative estimate of drug-likeness (QED) is 0.245. The summed E-state index contributed by atoms with van der Waals surface area (Å²) < 4.78 is 7.41. The van der Waals surface area contributed by atoms with Gasteiger partial charge in [0.1, 0.15) is 17.8 Å². The van der Waals surface area contributed by atoms with Crippen LogP contribution < -0.4 is 15.9 Å². The highest BCUT2D eigenvalue weighted by Crippen LogP contribution is 2.24. The maximum absolute atomic E-state index is 11.9. The summed E-state index contributed by atoms with van der Waals surface area (Å²) in [6, 6.07) is 22.8. The highest BCUT2D eigenvalue weighted by atomic mass is 16.5. The first-order valence-electron chi connectivity index (χ1n) is 14.3. The number of H-pyrrole nitrogens is 1. The molecule has 0 aliphatic heterocycles. The molecule has 0 atom stereocenters. The molecule has 0 aliphatic rings. The van der Waals surface area contributed by atoms with Crippen LogP contribution in [0, 0.1) is 0 Å². The summed E-state index contributed by atoms with van der Waals surface area (Å²) in [4.78, 5) is 43.2. The lowest BCUT2D eigenvalue weighted by Gasteiger charge is -2.20. The largest absolute Gasteiger partial charge is 0.471 e. The van der Waals surface area contributed by atoms with E-state index >= 15 is 0 Å². The lowest BCUT2D eigenvalue weighted by molar-refractivity contribution is 0.126. The topological polar surface area (TPSA) is 116 Å². The Labute approximate surface area is 250 Å². The van der Waals surface area contributed by atoms with Gasteiger partial charge >= 0.3 is 0 Å². The van der Waals surface area contributed by atoms with Crippen molar-refractivity contribution >= 4 is 32.7 Å². The van der Waals surface area contributed by atoms with Crippen molar-refractivity contribution in [1.82, 2.24) is 29.5 Å². The molecule has 0 spiro atoms. The Bertz CT molecular complexity index is 1950. The SMILES string of the molecule is CC(C)(C)Oc1ncnc2ccccc12.CC(C)c1nc2ccccc2c(=O)[nH]1.CC(C)n1cnc2ccccc2c1=O. The molecule has 0 saturated carbocycles. The normalized spacial score (nSPS) is 11.3. The molecule has 9 nitrogen and oxygen atoms in total. The molecule has 6 rings (SSSR count). The second-order valence-corrected chi connectivity index (χ2v) is 11.6. The van der Waals surface area contributed by atoms with Crippen LogP contribution in [0.25, 0.3) is 32.7 Å². The van der Waals surface area contributed by atoms with Crippen molar-refractivity contribution in [3.63, 3.8) is 0 Å². The smallest absolute Gasteiger partial charge is 0.261 e. The first kappa shape index (κ1) is 31.0. The molecule has 0 fully saturated rings. The molecule has 3 aromatic carbocycles. The average Bonchev–Trinajstić information content (AvgIpc) is 2.97. The number of nitrogens with zero attached hydrogens (tertiary/aromatic N) is 5. The summed E-state index contributed by atoms with van der Waals surface area (Å²) in [6.45, 7) is 14.0.